The minimum absolute atomic E-state index is 0.231. The van der Waals surface area contributed by atoms with Crippen molar-refractivity contribution in [1.82, 2.24) is 15.3 Å². The molecule has 0 radical (unpaired) electrons. The second-order valence-corrected chi connectivity index (χ2v) is 6.65. The normalized spacial score (nSPS) is 11.7. The smallest absolute Gasteiger partial charge is 0.322 e. The molecular weight excluding hydrogens is 370 g/mol. The molecule has 7 nitrogen and oxygen atoms in total. The van der Waals surface area contributed by atoms with Crippen molar-refractivity contribution in [2.24, 2.45) is 0 Å². The van der Waals surface area contributed by atoms with Crippen LogP contribution in [-0.2, 0) is 4.79 Å². The molecule has 29 heavy (non-hydrogen) atoms. The Balaban J connectivity index is 1.88. The first-order valence-corrected chi connectivity index (χ1v) is 9.09. The number of nitrogens with zero attached hydrogens (tertiary/aromatic N) is 2. The zero-order valence-electron chi connectivity index (χ0n) is 16.1. The van der Waals surface area contributed by atoms with Crippen molar-refractivity contribution in [1.29, 1.82) is 0 Å². The van der Waals surface area contributed by atoms with Gasteiger partial charge in [0.1, 0.15) is 12.4 Å². The molecule has 0 bridgehead atoms. The molecule has 3 N–H and O–H groups in total. The van der Waals surface area contributed by atoms with Crippen molar-refractivity contribution in [2.75, 3.05) is 6.54 Å². The summed E-state index contributed by atoms with van der Waals surface area (Å²) in [7, 11) is 0. The summed E-state index contributed by atoms with van der Waals surface area (Å²) in [6.07, 6.45) is 0. The van der Waals surface area contributed by atoms with Crippen molar-refractivity contribution < 1.29 is 19.8 Å². The lowest BCUT2D eigenvalue weighted by molar-refractivity contribution is -0.135. The molecule has 1 unspecified atom stereocenters. The maximum absolute atomic E-state index is 12.2. The molecule has 7 heteroatoms. The SMILES string of the molecule is Cc1nc(C(C)c2ccc(-c3ccccc3)cc2)nc(C(=O)NCC(=O)O)c1O. The quantitative estimate of drug-likeness (QED) is 0.595. The van der Waals surface area contributed by atoms with Crippen LogP contribution in [0.3, 0.4) is 0 Å². The first kappa shape index (κ1) is 20.0. The molecule has 0 saturated carbocycles. The number of aromatic hydroxyl groups is 1. The van der Waals surface area contributed by atoms with Crippen LogP contribution < -0.4 is 5.32 Å². The number of benzene rings is 2. The molecule has 1 atom stereocenters. The average Bonchev–Trinajstić information content (AvgIpc) is 2.74. The first-order chi connectivity index (χ1) is 13.9. The van der Waals surface area contributed by atoms with Crippen molar-refractivity contribution in [3.05, 3.63) is 77.4 Å². The topological polar surface area (TPSA) is 112 Å². The Morgan fingerprint density at radius 1 is 1.00 bits per heavy atom. The summed E-state index contributed by atoms with van der Waals surface area (Å²) >= 11 is 0. The Kier molecular flexibility index (Phi) is 5.87. The third-order valence-electron chi connectivity index (χ3n) is 4.60. The predicted molar refractivity (Wildman–Crippen MR) is 108 cm³/mol. The van der Waals surface area contributed by atoms with Crippen LogP contribution in [0.2, 0.25) is 0 Å². The van der Waals surface area contributed by atoms with E-state index in [1.807, 2.05) is 61.5 Å². The predicted octanol–water partition coefficient (Wildman–Crippen LogP) is 3.12. The highest BCUT2D eigenvalue weighted by Gasteiger charge is 2.21. The van der Waals surface area contributed by atoms with Gasteiger partial charge in [-0.2, -0.15) is 0 Å². The number of carbonyl (C=O) groups is 2. The van der Waals surface area contributed by atoms with Gasteiger partial charge in [0.2, 0.25) is 0 Å². The number of nitrogens with one attached hydrogen (secondary N) is 1. The van der Waals surface area contributed by atoms with Crippen molar-refractivity contribution in [3.63, 3.8) is 0 Å². The van der Waals surface area contributed by atoms with E-state index >= 15 is 0 Å². The van der Waals surface area contributed by atoms with E-state index in [2.05, 4.69) is 15.3 Å². The van der Waals surface area contributed by atoms with E-state index in [4.69, 9.17) is 5.11 Å². The summed E-state index contributed by atoms with van der Waals surface area (Å²) in [5.74, 6) is -2.17. The molecule has 0 aliphatic carbocycles. The van der Waals surface area contributed by atoms with E-state index in [9.17, 15) is 14.7 Å². The molecule has 0 aliphatic rings. The largest absolute Gasteiger partial charge is 0.504 e. The molecule has 0 saturated heterocycles. The summed E-state index contributed by atoms with van der Waals surface area (Å²) < 4.78 is 0. The Morgan fingerprint density at radius 2 is 1.62 bits per heavy atom. The van der Waals surface area contributed by atoms with Gasteiger partial charge in [-0.3, -0.25) is 9.59 Å². The number of hydrogen-bond acceptors (Lipinski definition) is 5. The summed E-state index contributed by atoms with van der Waals surface area (Å²) in [5.41, 5.74) is 3.16. The van der Waals surface area contributed by atoms with Crippen LogP contribution in [0.25, 0.3) is 11.1 Å². The molecule has 0 fully saturated rings. The lowest BCUT2D eigenvalue weighted by atomic mass is 9.96. The zero-order valence-corrected chi connectivity index (χ0v) is 16.1. The Bertz CT molecular complexity index is 1030. The van der Waals surface area contributed by atoms with Crippen molar-refractivity contribution >= 4 is 11.9 Å². The number of carboxylic acid groups (broad SMARTS) is 1. The third kappa shape index (κ3) is 4.57. The Hall–Kier alpha value is -3.74. The van der Waals surface area contributed by atoms with Crippen molar-refractivity contribution in [3.8, 4) is 16.9 Å². The van der Waals surface area contributed by atoms with Gasteiger partial charge >= 0.3 is 5.97 Å². The van der Waals surface area contributed by atoms with Crippen LogP contribution in [0.5, 0.6) is 5.75 Å². The number of amides is 1. The van der Waals surface area contributed by atoms with Crippen LogP contribution in [0.15, 0.2) is 54.6 Å². The minimum Gasteiger partial charge on any atom is -0.504 e. The maximum atomic E-state index is 12.2. The van der Waals surface area contributed by atoms with Gasteiger partial charge in [-0.1, -0.05) is 61.5 Å². The van der Waals surface area contributed by atoms with Gasteiger partial charge in [0.05, 0.1) is 5.69 Å². The van der Waals surface area contributed by atoms with E-state index in [1.165, 1.54) is 0 Å². The standard InChI is InChI=1S/C22H21N3O4/c1-13(15-8-10-17(11-9-15)16-6-4-3-5-7-16)21-24-14(2)20(28)19(25-21)22(29)23-12-18(26)27/h3-11,13,28H,12H2,1-2H3,(H,23,29)(H,26,27). The minimum atomic E-state index is -1.18. The highest BCUT2D eigenvalue weighted by molar-refractivity contribution is 5.96. The Labute approximate surface area is 168 Å². The van der Waals surface area contributed by atoms with Crippen LogP contribution in [-0.4, -0.2) is 38.6 Å². The average molecular weight is 391 g/mol. The molecule has 3 aromatic rings. The number of carbonyl (C=O) groups excluding carboxylic acids is 1. The van der Waals surface area contributed by atoms with E-state index < -0.39 is 18.4 Å². The monoisotopic (exact) mass is 391 g/mol. The van der Waals surface area contributed by atoms with Gasteiger partial charge in [-0.25, -0.2) is 9.97 Å². The maximum Gasteiger partial charge on any atom is 0.322 e. The molecule has 148 valence electrons. The van der Waals surface area contributed by atoms with E-state index in [0.717, 1.165) is 16.7 Å². The van der Waals surface area contributed by atoms with E-state index in [-0.39, 0.29) is 23.1 Å². The molecule has 1 amide bonds. The second kappa shape index (κ2) is 8.52. The van der Waals surface area contributed by atoms with Crippen LogP contribution in [0.1, 0.15) is 40.4 Å². The summed E-state index contributed by atoms with van der Waals surface area (Å²) in [5, 5.41) is 21.1. The van der Waals surface area contributed by atoms with Gasteiger partial charge < -0.3 is 15.5 Å². The highest BCUT2D eigenvalue weighted by Crippen LogP contribution is 2.28. The number of aryl methyl sites for hydroxylation is 1. The summed E-state index contributed by atoms with van der Waals surface area (Å²) in [4.78, 5) is 31.4. The number of carboxylic acids is 1. The lowest BCUT2D eigenvalue weighted by Crippen LogP contribution is -2.30. The molecular formula is C22H21N3O4. The number of aliphatic carboxylic acids is 1. The van der Waals surface area contributed by atoms with Crippen LogP contribution >= 0.6 is 0 Å². The van der Waals surface area contributed by atoms with Gasteiger partial charge in [0.15, 0.2) is 11.4 Å². The molecule has 0 spiro atoms. The number of aromatic nitrogens is 2. The third-order valence-corrected chi connectivity index (χ3v) is 4.60. The van der Waals surface area contributed by atoms with E-state index in [1.54, 1.807) is 6.92 Å². The molecule has 1 aromatic heterocycles. The fraction of sp³-hybridized carbons (Fsp3) is 0.182. The van der Waals surface area contributed by atoms with E-state index in [0.29, 0.717) is 5.82 Å². The fourth-order valence-electron chi connectivity index (χ4n) is 2.92. The van der Waals surface area contributed by atoms with Crippen LogP contribution in [0, 0.1) is 6.92 Å². The second-order valence-electron chi connectivity index (χ2n) is 6.65. The molecule has 3 rings (SSSR count). The summed E-state index contributed by atoms with van der Waals surface area (Å²) in [6.45, 7) is 2.91. The van der Waals surface area contributed by atoms with Gasteiger partial charge in [0, 0.05) is 5.92 Å². The molecule has 0 aliphatic heterocycles. The molecule has 1 heterocycles. The lowest BCUT2D eigenvalue weighted by Gasteiger charge is -2.15. The number of hydrogen-bond donors (Lipinski definition) is 3. The van der Waals surface area contributed by atoms with Crippen molar-refractivity contribution in [2.45, 2.75) is 19.8 Å². The molecule has 2 aromatic carbocycles. The fourth-order valence-corrected chi connectivity index (χ4v) is 2.92. The van der Waals surface area contributed by atoms with Crippen LogP contribution in [0.4, 0.5) is 0 Å². The summed E-state index contributed by atoms with van der Waals surface area (Å²) in [6, 6.07) is 18.0. The number of rotatable bonds is 6. The van der Waals surface area contributed by atoms with Gasteiger partial charge in [-0.05, 0) is 23.6 Å². The van der Waals surface area contributed by atoms with Gasteiger partial charge in [-0.15, -0.1) is 0 Å². The van der Waals surface area contributed by atoms with Gasteiger partial charge in [0.25, 0.3) is 5.91 Å². The first-order valence-electron chi connectivity index (χ1n) is 9.09. The zero-order chi connectivity index (χ0) is 21.0. The highest BCUT2D eigenvalue weighted by atomic mass is 16.4. The Morgan fingerprint density at radius 3 is 2.24 bits per heavy atom.